The molecule has 0 aromatic carbocycles. The molecule has 0 aliphatic rings. The standard InChI is InChI=1S/C13H26N2O3/c1-7-15(8-11(16)14-10(2)3)9-13(4,5)12(17)18-6/h10H,7-9H2,1-6H3,(H,14,16). The quantitative estimate of drug-likeness (QED) is 0.693. The van der Waals surface area contributed by atoms with Crippen molar-refractivity contribution in [1.29, 1.82) is 0 Å². The molecule has 0 atom stereocenters. The van der Waals surface area contributed by atoms with Gasteiger partial charge in [-0.2, -0.15) is 0 Å². The molecule has 0 aromatic heterocycles. The average molecular weight is 258 g/mol. The number of rotatable bonds is 7. The van der Waals surface area contributed by atoms with E-state index in [0.29, 0.717) is 19.6 Å². The molecule has 5 heteroatoms. The minimum Gasteiger partial charge on any atom is -0.469 e. The molecule has 106 valence electrons. The maximum Gasteiger partial charge on any atom is 0.312 e. The summed E-state index contributed by atoms with van der Waals surface area (Å²) in [6.45, 7) is 11.0. The van der Waals surface area contributed by atoms with E-state index >= 15 is 0 Å². The largest absolute Gasteiger partial charge is 0.469 e. The summed E-state index contributed by atoms with van der Waals surface area (Å²) >= 11 is 0. The van der Waals surface area contributed by atoms with Crippen molar-refractivity contribution < 1.29 is 14.3 Å². The number of nitrogens with zero attached hydrogens (tertiary/aromatic N) is 1. The van der Waals surface area contributed by atoms with E-state index in [1.807, 2.05) is 39.5 Å². The van der Waals surface area contributed by atoms with E-state index in [9.17, 15) is 9.59 Å². The summed E-state index contributed by atoms with van der Waals surface area (Å²) in [4.78, 5) is 25.2. The van der Waals surface area contributed by atoms with Gasteiger partial charge in [0.05, 0.1) is 19.1 Å². The second-order valence-electron chi connectivity index (χ2n) is 5.40. The van der Waals surface area contributed by atoms with Crippen molar-refractivity contribution in [2.45, 2.75) is 40.7 Å². The van der Waals surface area contributed by atoms with E-state index in [-0.39, 0.29) is 17.9 Å². The van der Waals surface area contributed by atoms with Crippen LogP contribution >= 0.6 is 0 Å². The van der Waals surface area contributed by atoms with Crippen molar-refractivity contribution >= 4 is 11.9 Å². The fourth-order valence-corrected chi connectivity index (χ4v) is 1.75. The fraction of sp³-hybridized carbons (Fsp3) is 0.846. The second kappa shape index (κ2) is 7.36. The lowest BCUT2D eigenvalue weighted by Gasteiger charge is -2.29. The zero-order valence-corrected chi connectivity index (χ0v) is 12.4. The van der Waals surface area contributed by atoms with Crippen LogP contribution < -0.4 is 5.32 Å². The number of methoxy groups -OCH3 is 1. The zero-order chi connectivity index (χ0) is 14.3. The normalized spacial score (nSPS) is 11.8. The Hall–Kier alpha value is -1.10. The smallest absolute Gasteiger partial charge is 0.312 e. The fourth-order valence-electron chi connectivity index (χ4n) is 1.75. The van der Waals surface area contributed by atoms with Gasteiger partial charge in [0.25, 0.3) is 0 Å². The third-order valence-corrected chi connectivity index (χ3v) is 2.62. The SMILES string of the molecule is CCN(CC(=O)NC(C)C)CC(C)(C)C(=O)OC. The highest BCUT2D eigenvalue weighted by molar-refractivity contribution is 5.79. The highest BCUT2D eigenvalue weighted by atomic mass is 16.5. The van der Waals surface area contributed by atoms with E-state index in [0.717, 1.165) is 0 Å². The van der Waals surface area contributed by atoms with Crippen molar-refractivity contribution in [2.24, 2.45) is 5.41 Å². The number of likely N-dealkylation sites (N-methyl/N-ethyl adjacent to an activating group) is 1. The first-order chi connectivity index (χ1) is 8.22. The van der Waals surface area contributed by atoms with Gasteiger partial charge in [-0.25, -0.2) is 0 Å². The third kappa shape index (κ3) is 6.00. The molecular formula is C13H26N2O3. The molecule has 0 aliphatic heterocycles. The van der Waals surface area contributed by atoms with Gasteiger partial charge < -0.3 is 10.1 Å². The predicted octanol–water partition coefficient (Wildman–Crippen LogP) is 1.03. The van der Waals surface area contributed by atoms with Gasteiger partial charge in [-0.05, 0) is 34.2 Å². The van der Waals surface area contributed by atoms with Crippen LogP contribution in [0.4, 0.5) is 0 Å². The molecule has 0 fully saturated rings. The van der Waals surface area contributed by atoms with Gasteiger partial charge in [-0.1, -0.05) is 6.92 Å². The van der Waals surface area contributed by atoms with Gasteiger partial charge >= 0.3 is 5.97 Å². The highest BCUT2D eigenvalue weighted by Gasteiger charge is 2.31. The predicted molar refractivity (Wildman–Crippen MR) is 71.2 cm³/mol. The lowest BCUT2D eigenvalue weighted by atomic mass is 9.93. The number of hydrogen-bond acceptors (Lipinski definition) is 4. The van der Waals surface area contributed by atoms with Gasteiger partial charge in [0, 0.05) is 12.6 Å². The lowest BCUT2D eigenvalue weighted by molar-refractivity contribution is -0.152. The van der Waals surface area contributed by atoms with E-state index in [2.05, 4.69) is 5.32 Å². The summed E-state index contributed by atoms with van der Waals surface area (Å²) in [5.74, 6) is -0.280. The summed E-state index contributed by atoms with van der Waals surface area (Å²) in [5.41, 5.74) is -0.608. The Morgan fingerprint density at radius 1 is 1.33 bits per heavy atom. The van der Waals surface area contributed by atoms with Crippen LogP contribution in [-0.2, 0) is 14.3 Å². The minimum atomic E-state index is -0.608. The van der Waals surface area contributed by atoms with Crippen LogP contribution in [0.1, 0.15) is 34.6 Å². The van der Waals surface area contributed by atoms with E-state index in [1.54, 1.807) is 0 Å². The summed E-state index contributed by atoms with van der Waals surface area (Å²) in [7, 11) is 1.38. The summed E-state index contributed by atoms with van der Waals surface area (Å²) in [5, 5.41) is 2.84. The van der Waals surface area contributed by atoms with Crippen LogP contribution in [0, 0.1) is 5.41 Å². The van der Waals surface area contributed by atoms with Crippen LogP contribution in [0.15, 0.2) is 0 Å². The first kappa shape index (κ1) is 16.9. The van der Waals surface area contributed by atoms with E-state index in [1.165, 1.54) is 7.11 Å². The molecule has 0 saturated carbocycles. The molecule has 0 aromatic rings. The highest BCUT2D eigenvalue weighted by Crippen LogP contribution is 2.18. The number of carbonyl (C=O) groups is 2. The Morgan fingerprint density at radius 2 is 1.89 bits per heavy atom. The Balaban J connectivity index is 4.43. The molecule has 0 aliphatic carbocycles. The second-order valence-corrected chi connectivity index (χ2v) is 5.40. The number of hydrogen-bond donors (Lipinski definition) is 1. The summed E-state index contributed by atoms with van der Waals surface area (Å²) < 4.78 is 4.76. The molecule has 1 N–H and O–H groups in total. The number of carbonyl (C=O) groups excluding carboxylic acids is 2. The maximum absolute atomic E-state index is 11.7. The number of esters is 1. The Morgan fingerprint density at radius 3 is 2.28 bits per heavy atom. The number of nitrogens with one attached hydrogen (secondary N) is 1. The van der Waals surface area contributed by atoms with Crippen LogP contribution in [0.5, 0.6) is 0 Å². The Kier molecular flexibility index (Phi) is 6.91. The summed E-state index contributed by atoms with van der Waals surface area (Å²) in [6, 6.07) is 0.129. The first-order valence-electron chi connectivity index (χ1n) is 6.33. The molecule has 0 rings (SSSR count). The topological polar surface area (TPSA) is 58.6 Å². The minimum absolute atomic E-state index is 0.0208. The van der Waals surface area contributed by atoms with Gasteiger partial charge in [-0.3, -0.25) is 14.5 Å². The molecule has 0 radical (unpaired) electrons. The van der Waals surface area contributed by atoms with Crippen molar-refractivity contribution in [3.8, 4) is 0 Å². The Bertz CT molecular complexity index is 288. The third-order valence-electron chi connectivity index (χ3n) is 2.62. The molecule has 0 unspecified atom stereocenters. The Labute approximate surface area is 110 Å². The van der Waals surface area contributed by atoms with Crippen molar-refractivity contribution in [1.82, 2.24) is 10.2 Å². The van der Waals surface area contributed by atoms with Gasteiger partial charge in [0.15, 0.2) is 0 Å². The van der Waals surface area contributed by atoms with Crippen molar-refractivity contribution in [3.63, 3.8) is 0 Å². The molecule has 0 bridgehead atoms. The maximum atomic E-state index is 11.7. The van der Waals surface area contributed by atoms with Gasteiger partial charge in [0.1, 0.15) is 0 Å². The first-order valence-corrected chi connectivity index (χ1v) is 6.33. The van der Waals surface area contributed by atoms with Crippen LogP contribution in [0.2, 0.25) is 0 Å². The van der Waals surface area contributed by atoms with E-state index < -0.39 is 5.41 Å². The van der Waals surface area contributed by atoms with Crippen LogP contribution in [0.3, 0.4) is 0 Å². The lowest BCUT2D eigenvalue weighted by Crippen LogP contribution is -2.45. The monoisotopic (exact) mass is 258 g/mol. The van der Waals surface area contributed by atoms with E-state index in [4.69, 9.17) is 4.74 Å². The molecule has 0 spiro atoms. The van der Waals surface area contributed by atoms with Gasteiger partial charge in [0.2, 0.25) is 5.91 Å². The van der Waals surface area contributed by atoms with Gasteiger partial charge in [-0.15, -0.1) is 0 Å². The molecular weight excluding hydrogens is 232 g/mol. The zero-order valence-electron chi connectivity index (χ0n) is 12.4. The molecule has 0 heterocycles. The molecule has 0 saturated heterocycles. The van der Waals surface area contributed by atoms with Crippen LogP contribution in [-0.4, -0.2) is 49.6 Å². The number of ether oxygens (including phenoxy) is 1. The summed E-state index contributed by atoms with van der Waals surface area (Å²) in [6.07, 6.45) is 0. The van der Waals surface area contributed by atoms with Crippen LogP contribution in [0.25, 0.3) is 0 Å². The molecule has 5 nitrogen and oxygen atoms in total. The molecule has 18 heavy (non-hydrogen) atoms. The number of amides is 1. The molecule has 1 amide bonds. The van der Waals surface area contributed by atoms with Crippen molar-refractivity contribution in [3.05, 3.63) is 0 Å². The average Bonchev–Trinajstić information content (AvgIpc) is 2.25. The van der Waals surface area contributed by atoms with Crippen molar-refractivity contribution in [2.75, 3.05) is 26.7 Å².